The van der Waals surface area contributed by atoms with Crippen LogP contribution in [0.1, 0.15) is 19.2 Å². The average Bonchev–Trinajstić information content (AvgIpc) is 2.59. The predicted octanol–water partition coefficient (Wildman–Crippen LogP) is -0.276. The normalized spacial score (nSPS) is 10.5. The Morgan fingerprint density at radius 3 is 2.80 bits per heavy atom. The van der Waals surface area contributed by atoms with Crippen molar-refractivity contribution in [2.75, 3.05) is 5.75 Å². The molecular formula is C8H15N5OS. The third-order valence-corrected chi connectivity index (χ3v) is 2.84. The van der Waals surface area contributed by atoms with Gasteiger partial charge in [0.05, 0.1) is 6.54 Å². The summed E-state index contributed by atoms with van der Waals surface area (Å²) in [6, 6.07) is 0. The molecule has 0 aliphatic carbocycles. The van der Waals surface area contributed by atoms with Crippen LogP contribution in [0.5, 0.6) is 0 Å². The summed E-state index contributed by atoms with van der Waals surface area (Å²) in [6.45, 7) is 3.15. The van der Waals surface area contributed by atoms with Crippen molar-refractivity contribution in [3.05, 3.63) is 5.82 Å². The highest BCUT2D eigenvalue weighted by atomic mass is 32.2. The van der Waals surface area contributed by atoms with Gasteiger partial charge in [0.25, 0.3) is 0 Å². The van der Waals surface area contributed by atoms with E-state index in [0.717, 1.165) is 17.5 Å². The molecule has 0 aliphatic rings. The molecule has 1 rings (SSSR count). The molecule has 0 fully saturated rings. The first-order chi connectivity index (χ1) is 7.19. The second-order valence-corrected chi connectivity index (χ2v) is 3.97. The summed E-state index contributed by atoms with van der Waals surface area (Å²) in [5.41, 5.74) is 10.6. The van der Waals surface area contributed by atoms with Gasteiger partial charge < -0.3 is 16.0 Å². The zero-order valence-corrected chi connectivity index (χ0v) is 9.46. The van der Waals surface area contributed by atoms with E-state index in [2.05, 4.69) is 10.2 Å². The number of amides is 1. The molecule has 0 saturated heterocycles. The summed E-state index contributed by atoms with van der Waals surface area (Å²) in [4.78, 5) is 10.6. The van der Waals surface area contributed by atoms with Gasteiger partial charge in [-0.3, -0.25) is 4.79 Å². The van der Waals surface area contributed by atoms with Crippen LogP contribution in [0.2, 0.25) is 0 Å². The molecule has 0 atom stereocenters. The topological polar surface area (TPSA) is 99.8 Å². The molecule has 0 aliphatic heterocycles. The number of carbonyl (C=O) groups excluding carboxylic acids is 1. The van der Waals surface area contributed by atoms with E-state index in [1.165, 1.54) is 11.8 Å². The third-order valence-electron chi connectivity index (χ3n) is 1.87. The van der Waals surface area contributed by atoms with Crippen molar-refractivity contribution in [3.63, 3.8) is 0 Å². The Kier molecular flexibility index (Phi) is 4.57. The molecule has 0 radical (unpaired) electrons. The molecule has 0 aromatic carbocycles. The Bertz CT molecular complexity index is 338. The molecule has 0 bridgehead atoms. The van der Waals surface area contributed by atoms with Gasteiger partial charge in [0.15, 0.2) is 5.16 Å². The first-order valence-electron chi connectivity index (χ1n) is 4.72. The van der Waals surface area contributed by atoms with E-state index < -0.39 is 0 Å². The highest BCUT2D eigenvalue weighted by Gasteiger charge is 2.09. The zero-order chi connectivity index (χ0) is 11.3. The molecule has 6 nitrogen and oxygen atoms in total. The minimum absolute atomic E-state index is 0.302. The van der Waals surface area contributed by atoms with Gasteiger partial charge in [-0.15, -0.1) is 10.2 Å². The summed E-state index contributed by atoms with van der Waals surface area (Å²) in [5, 5.41) is 8.74. The minimum atomic E-state index is -0.302. The summed E-state index contributed by atoms with van der Waals surface area (Å²) in [6.07, 6.45) is 0.346. The number of primary amides is 1. The van der Waals surface area contributed by atoms with Gasteiger partial charge in [-0.05, 0) is 6.92 Å². The largest absolute Gasteiger partial charge is 0.370 e. The van der Waals surface area contributed by atoms with Gasteiger partial charge in [-0.25, -0.2) is 0 Å². The van der Waals surface area contributed by atoms with Gasteiger partial charge >= 0.3 is 0 Å². The summed E-state index contributed by atoms with van der Waals surface area (Å²) < 4.78 is 1.94. The zero-order valence-electron chi connectivity index (χ0n) is 8.64. The SMILES string of the molecule is CCn1c(CN)nnc1SCCC(N)=O. The maximum atomic E-state index is 10.6. The molecule has 15 heavy (non-hydrogen) atoms. The number of carbonyl (C=O) groups is 1. The van der Waals surface area contributed by atoms with Gasteiger partial charge in [0.2, 0.25) is 5.91 Å². The van der Waals surface area contributed by atoms with Crippen LogP contribution in [0.25, 0.3) is 0 Å². The lowest BCUT2D eigenvalue weighted by molar-refractivity contribution is -0.117. The van der Waals surface area contributed by atoms with Gasteiger partial charge in [0, 0.05) is 18.7 Å². The Balaban J connectivity index is 2.60. The third kappa shape index (κ3) is 3.21. The van der Waals surface area contributed by atoms with Crippen LogP contribution in [0.15, 0.2) is 5.16 Å². The van der Waals surface area contributed by atoms with E-state index in [4.69, 9.17) is 11.5 Å². The molecule has 1 heterocycles. The molecule has 1 aromatic heterocycles. The highest BCUT2D eigenvalue weighted by Crippen LogP contribution is 2.17. The lowest BCUT2D eigenvalue weighted by atomic mass is 10.5. The van der Waals surface area contributed by atoms with Crippen LogP contribution in [-0.2, 0) is 17.9 Å². The number of aromatic nitrogens is 3. The lowest BCUT2D eigenvalue weighted by Crippen LogP contribution is -2.11. The fourth-order valence-corrected chi connectivity index (χ4v) is 2.11. The molecular weight excluding hydrogens is 214 g/mol. The Morgan fingerprint density at radius 2 is 2.27 bits per heavy atom. The van der Waals surface area contributed by atoms with Crippen LogP contribution in [0.3, 0.4) is 0 Å². The number of hydrogen-bond acceptors (Lipinski definition) is 5. The predicted molar refractivity (Wildman–Crippen MR) is 58.1 cm³/mol. The van der Waals surface area contributed by atoms with Crippen LogP contribution in [0, 0.1) is 0 Å². The number of nitrogens with two attached hydrogens (primary N) is 2. The van der Waals surface area contributed by atoms with E-state index in [1.807, 2.05) is 11.5 Å². The Labute approximate surface area is 92.4 Å². The monoisotopic (exact) mass is 229 g/mol. The maximum absolute atomic E-state index is 10.6. The van der Waals surface area contributed by atoms with Crippen molar-refractivity contribution in [2.45, 2.75) is 31.6 Å². The first-order valence-corrected chi connectivity index (χ1v) is 5.70. The second-order valence-electron chi connectivity index (χ2n) is 2.91. The van der Waals surface area contributed by atoms with E-state index >= 15 is 0 Å². The highest BCUT2D eigenvalue weighted by molar-refractivity contribution is 7.99. The molecule has 0 unspecified atom stereocenters. The Hall–Kier alpha value is -1.08. The lowest BCUT2D eigenvalue weighted by Gasteiger charge is -2.04. The Morgan fingerprint density at radius 1 is 1.53 bits per heavy atom. The van der Waals surface area contributed by atoms with E-state index in [-0.39, 0.29) is 5.91 Å². The number of nitrogens with zero attached hydrogens (tertiary/aromatic N) is 3. The van der Waals surface area contributed by atoms with Crippen molar-refractivity contribution < 1.29 is 4.79 Å². The molecule has 7 heteroatoms. The van der Waals surface area contributed by atoms with Gasteiger partial charge in [-0.1, -0.05) is 11.8 Å². The summed E-state index contributed by atoms with van der Waals surface area (Å²) in [7, 11) is 0. The number of hydrogen-bond donors (Lipinski definition) is 2. The number of rotatable bonds is 6. The van der Waals surface area contributed by atoms with Crippen LogP contribution < -0.4 is 11.5 Å². The van der Waals surface area contributed by atoms with E-state index in [9.17, 15) is 4.79 Å². The molecule has 4 N–H and O–H groups in total. The molecule has 84 valence electrons. The van der Waals surface area contributed by atoms with E-state index in [1.54, 1.807) is 0 Å². The van der Waals surface area contributed by atoms with Gasteiger partial charge in [0.1, 0.15) is 5.82 Å². The first kappa shape index (κ1) is 12.0. The second kappa shape index (κ2) is 5.72. The fourth-order valence-electron chi connectivity index (χ4n) is 1.14. The van der Waals surface area contributed by atoms with Crippen LogP contribution >= 0.6 is 11.8 Å². The van der Waals surface area contributed by atoms with Crippen molar-refractivity contribution in [1.82, 2.24) is 14.8 Å². The standard InChI is InChI=1S/C8H15N5OS/c1-2-13-7(5-9)11-12-8(13)15-4-3-6(10)14/h2-5,9H2,1H3,(H2,10,14). The summed E-state index contributed by atoms with van der Waals surface area (Å²) in [5.74, 6) is 1.08. The quantitative estimate of drug-likeness (QED) is 0.654. The maximum Gasteiger partial charge on any atom is 0.218 e. The van der Waals surface area contributed by atoms with Crippen LogP contribution in [0.4, 0.5) is 0 Å². The molecule has 0 saturated carbocycles. The van der Waals surface area contributed by atoms with Crippen LogP contribution in [-0.4, -0.2) is 26.4 Å². The van der Waals surface area contributed by atoms with E-state index in [0.29, 0.717) is 18.7 Å². The molecule has 1 amide bonds. The van der Waals surface area contributed by atoms with Crippen molar-refractivity contribution in [2.24, 2.45) is 11.5 Å². The molecule has 0 spiro atoms. The van der Waals surface area contributed by atoms with Crippen molar-refractivity contribution in [3.8, 4) is 0 Å². The number of thioether (sulfide) groups is 1. The van der Waals surface area contributed by atoms with Crippen molar-refractivity contribution >= 4 is 17.7 Å². The summed E-state index contributed by atoms with van der Waals surface area (Å²) >= 11 is 1.47. The minimum Gasteiger partial charge on any atom is -0.370 e. The smallest absolute Gasteiger partial charge is 0.218 e. The molecule has 1 aromatic rings. The fraction of sp³-hybridized carbons (Fsp3) is 0.625. The average molecular weight is 229 g/mol. The van der Waals surface area contributed by atoms with Gasteiger partial charge in [-0.2, -0.15) is 0 Å². The van der Waals surface area contributed by atoms with Crippen molar-refractivity contribution in [1.29, 1.82) is 0 Å².